The molecule has 1 aromatic carbocycles. The van der Waals surface area contributed by atoms with E-state index in [-0.39, 0.29) is 43.2 Å². The molecule has 0 saturated heterocycles. The third-order valence-electron chi connectivity index (χ3n) is 3.92. The number of alkyl halides is 3. The summed E-state index contributed by atoms with van der Waals surface area (Å²) in [4.78, 5) is 37.2. The van der Waals surface area contributed by atoms with Gasteiger partial charge in [-0.15, -0.1) is 0 Å². The number of benzene rings is 1. The minimum atomic E-state index is -4.60. The first-order valence-corrected chi connectivity index (χ1v) is 8.70. The van der Waals surface area contributed by atoms with Gasteiger partial charge < -0.3 is 20.7 Å². The first kappa shape index (κ1) is 22.2. The number of likely N-dealkylation sites (N-methyl/N-ethyl adjacent to an activating group) is 1. The molecule has 1 aliphatic heterocycles. The number of para-hydroxylation sites is 1. The fourth-order valence-electron chi connectivity index (χ4n) is 2.68. The van der Waals surface area contributed by atoms with Crippen LogP contribution in [0.2, 0.25) is 0 Å². The van der Waals surface area contributed by atoms with E-state index >= 15 is 0 Å². The summed E-state index contributed by atoms with van der Waals surface area (Å²) in [7, 11) is 1.53. The quantitative estimate of drug-likeness (QED) is 0.590. The van der Waals surface area contributed by atoms with Gasteiger partial charge in [0.25, 0.3) is 0 Å². The summed E-state index contributed by atoms with van der Waals surface area (Å²) in [5.41, 5.74) is -0.826. The molecule has 0 fully saturated rings. The van der Waals surface area contributed by atoms with Crippen LogP contribution in [0.25, 0.3) is 0 Å². The topological polar surface area (TPSA) is 99.8 Å². The molecule has 1 aliphatic rings. The van der Waals surface area contributed by atoms with Gasteiger partial charge in [0, 0.05) is 12.2 Å². The maximum absolute atomic E-state index is 13.0. The van der Waals surface area contributed by atoms with Crippen LogP contribution in [-0.4, -0.2) is 56.1 Å². The molecule has 0 atom stereocenters. The van der Waals surface area contributed by atoms with E-state index in [1.807, 2.05) is 0 Å². The second kappa shape index (κ2) is 9.41. The van der Waals surface area contributed by atoms with Gasteiger partial charge in [-0.3, -0.25) is 9.69 Å². The minimum absolute atomic E-state index is 0.00983. The molecule has 8 nitrogen and oxygen atoms in total. The van der Waals surface area contributed by atoms with Crippen molar-refractivity contribution < 1.29 is 32.3 Å². The van der Waals surface area contributed by atoms with E-state index in [4.69, 9.17) is 4.74 Å². The van der Waals surface area contributed by atoms with Crippen molar-refractivity contribution >= 4 is 23.6 Å². The lowest BCUT2D eigenvalue weighted by Gasteiger charge is -2.25. The predicted octanol–water partition coefficient (Wildman–Crippen LogP) is 1.71. The summed E-state index contributed by atoms with van der Waals surface area (Å²) in [5, 5.41) is 7.19. The van der Waals surface area contributed by atoms with Crippen LogP contribution in [0.5, 0.6) is 0 Å². The van der Waals surface area contributed by atoms with Crippen molar-refractivity contribution in [1.29, 1.82) is 0 Å². The Morgan fingerprint density at radius 1 is 1.28 bits per heavy atom. The van der Waals surface area contributed by atoms with Crippen LogP contribution in [-0.2, 0) is 20.5 Å². The highest BCUT2D eigenvalue weighted by molar-refractivity contribution is 5.94. The number of carbonyl (C=O) groups is 3. The Bertz CT molecular complexity index is 824. The molecular weight excluding hydrogens is 393 g/mol. The highest BCUT2D eigenvalue weighted by Crippen LogP contribution is 2.34. The Labute approximate surface area is 165 Å². The number of rotatable bonds is 7. The number of carbonyl (C=O) groups excluding carboxylic acids is 3. The molecule has 158 valence electrons. The highest BCUT2D eigenvalue weighted by atomic mass is 19.4. The SMILES string of the molecule is CCOC(=O)C1=C(CN(C)CC(=O)Nc2ccccc2C(F)(F)F)NC(=O)NC1. The van der Waals surface area contributed by atoms with Crippen molar-refractivity contribution in [3.8, 4) is 0 Å². The Kier molecular flexibility index (Phi) is 7.21. The Morgan fingerprint density at radius 2 is 1.97 bits per heavy atom. The van der Waals surface area contributed by atoms with Crippen LogP contribution in [0.1, 0.15) is 12.5 Å². The van der Waals surface area contributed by atoms with Gasteiger partial charge in [0.2, 0.25) is 5.91 Å². The van der Waals surface area contributed by atoms with Gasteiger partial charge in [-0.05, 0) is 26.1 Å². The third kappa shape index (κ3) is 6.21. The van der Waals surface area contributed by atoms with E-state index in [2.05, 4.69) is 16.0 Å². The van der Waals surface area contributed by atoms with Gasteiger partial charge in [-0.1, -0.05) is 12.1 Å². The lowest BCUT2D eigenvalue weighted by atomic mass is 10.1. The van der Waals surface area contributed by atoms with Gasteiger partial charge in [0.1, 0.15) is 0 Å². The molecule has 0 spiro atoms. The molecule has 0 saturated carbocycles. The smallest absolute Gasteiger partial charge is 0.418 e. The fourth-order valence-corrected chi connectivity index (χ4v) is 2.68. The zero-order chi connectivity index (χ0) is 21.6. The standard InChI is InChI=1S/C18H21F3N4O4/c1-3-29-16(27)11-8-22-17(28)24-14(11)9-25(2)10-15(26)23-13-7-5-4-6-12(13)18(19,20)21/h4-7H,3,8-10H2,1-2H3,(H,23,26)(H2,22,24,28). The summed E-state index contributed by atoms with van der Waals surface area (Å²) < 4.78 is 44.0. The molecule has 1 aromatic rings. The number of ether oxygens (including phenoxy) is 1. The second-order valence-electron chi connectivity index (χ2n) is 6.25. The molecule has 0 bridgehead atoms. The largest absolute Gasteiger partial charge is 0.463 e. The summed E-state index contributed by atoms with van der Waals surface area (Å²) in [5.74, 6) is -1.28. The van der Waals surface area contributed by atoms with E-state index < -0.39 is 29.6 Å². The summed E-state index contributed by atoms with van der Waals surface area (Å²) >= 11 is 0. The van der Waals surface area contributed by atoms with E-state index in [0.717, 1.165) is 12.1 Å². The highest BCUT2D eigenvalue weighted by Gasteiger charge is 2.33. The Balaban J connectivity index is 2.06. The number of anilines is 1. The van der Waals surface area contributed by atoms with Crippen molar-refractivity contribution in [2.75, 3.05) is 38.6 Å². The van der Waals surface area contributed by atoms with Gasteiger partial charge >= 0.3 is 18.2 Å². The minimum Gasteiger partial charge on any atom is -0.463 e. The molecule has 2 rings (SSSR count). The Morgan fingerprint density at radius 3 is 2.62 bits per heavy atom. The second-order valence-corrected chi connectivity index (χ2v) is 6.25. The molecule has 0 radical (unpaired) electrons. The molecule has 3 amide bonds. The predicted molar refractivity (Wildman–Crippen MR) is 97.8 cm³/mol. The van der Waals surface area contributed by atoms with E-state index in [9.17, 15) is 27.6 Å². The van der Waals surface area contributed by atoms with Crippen molar-refractivity contribution in [3.05, 3.63) is 41.1 Å². The number of hydrogen-bond acceptors (Lipinski definition) is 5. The number of amides is 3. The first-order valence-electron chi connectivity index (χ1n) is 8.70. The fraction of sp³-hybridized carbons (Fsp3) is 0.389. The number of hydrogen-bond donors (Lipinski definition) is 3. The average Bonchev–Trinajstić information content (AvgIpc) is 2.61. The summed E-state index contributed by atoms with van der Waals surface area (Å²) in [6.07, 6.45) is -4.60. The Hall–Kier alpha value is -3.08. The van der Waals surface area contributed by atoms with Crippen LogP contribution < -0.4 is 16.0 Å². The molecule has 0 unspecified atom stereocenters. The number of esters is 1. The maximum Gasteiger partial charge on any atom is 0.418 e. The van der Waals surface area contributed by atoms with E-state index in [1.54, 1.807) is 6.92 Å². The van der Waals surface area contributed by atoms with Crippen molar-refractivity contribution in [2.24, 2.45) is 0 Å². The molecule has 3 N–H and O–H groups in total. The number of nitrogens with one attached hydrogen (secondary N) is 3. The summed E-state index contributed by atoms with van der Waals surface area (Å²) in [6.45, 7) is 1.51. The normalized spacial score (nSPS) is 14.3. The summed E-state index contributed by atoms with van der Waals surface area (Å²) in [6, 6.07) is 4.14. The van der Waals surface area contributed by atoms with Crippen LogP contribution in [0, 0.1) is 0 Å². The van der Waals surface area contributed by atoms with Crippen molar-refractivity contribution in [1.82, 2.24) is 15.5 Å². The van der Waals surface area contributed by atoms with Crippen molar-refractivity contribution in [2.45, 2.75) is 13.1 Å². The third-order valence-corrected chi connectivity index (χ3v) is 3.92. The average molecular weight is 414 g/mol. The molecule has 0 aromatic heterocycles. The van der Waals surface area contributed by atoms with Crippen LogP contribution >= 0.6 is 0 Å². The van der Waals surface area contributed by atoms with Crippen LogP contribution in [0.4, 0.5) is 23.7 Å². The van der Waals surface area contributed by atoms with Crippen LogP contribution in [0.15, 0.2) is 35.5 Å². The lowest BCUT2D eigenvalue weighted by molar-refractivity contribution is -0.139. The molecular formula is C18H21F3N4O4. The van der Waals surface area contributed by atoms with Gasteiger partial charge in [0.15, 0.2) is 0 Å². The zero-order valence-electron chi connectivity index (χ0n) is 15.9. The van der Waals surface area contributed by atoms with Crippen molar-refractivity contribution in [3.63, 3.8) is 0 Å². The van der Waals surface area contributed by atoms with Gasteiger partial charge in [-0.2, -0.15) is 13.2 Å². The van der Waals surface area contributed by atoms with Gasteiger partial charge in [-0.25, -0.2) is 9.59 Å². The molecule has 11 heteroatoms. The maximum atomic E-state index is 13.0. The van der Waals surface area contributed by atoms with E-state index in [1.165, 1.54) is 24.1 Å². The zero-order valence-corrected chi connectivity index (χ0v) is 15.9. The molecule has 1 heterocycles. The van der Waals surface area contributed by atoms with Crippen LogP contribution in [0.3, 0.4) is 0 Å². The van der Waals surface area contributed by atoms with Gasteiger partial charge in [0.05, 0.1) is 36.5 Å². The lowest BCUT2D eigenvalue weighted by Crippen LogP contribution is -2.47. The number of urea groups is 1. The number of halogens is 3. The number of nitrogens with zero attached hydrogens (tertiary/aromatic N) is 1. The van der Waals surface area contributed by atoms with E-state index in [0.29, 0.717) is 0 Å². The molecule has 0 aliphatic carbocycles. The monoisotopic (exact) mass is 414 g/mol. The first-order chi connectivity index (χ1) is 13.6. The molecule has 29 heavy (non-hydrogen) atoms.